The van der Waals surface area contributed by atoms with Crippen molar-refractivity contribution in [2.45, 2.75) is 52.4 Å². The van der Waals surface area contributed by atoms with Gasteiger partial charge in [0.1, 0.15) is 11.3 Å². The minimum atomic E-state index is 0.234. The van der Waals surface area contributed by atoms with Crippen LogP contribution < -0.4 is 0 Å². The number of fused-ring (bicyclic) bond motifs is 1. The maximum absolute atomic E-state index is 12.4. The van der Waals surface area contributed by atoms with Gasteiger partial charge < -0.3 is 4.42 Å². The molecule has 0 radical (unpaired) electrons. The third kappa shape index (κ3) is 3.06. The van der Waals surface area contributed by atoms with Crippen LogP contribution in [0.15, 0.2) is 28.7 Å². The van der Waals surface area contributed by atoms with Crippen LogP contribution in [0.1, 0.15) is 62.1 Å². The van der Waals surface area contributed by atoms with Crippen molar-refractivity contribution >= 4 is 16.8 Å². The lowest BCUT2D eigenvalue weighted by molar-refractivity contribution is 0.0978. The number of aryl methyl sites for hydroxylation is 1. The Balaban J connectivity index is 2.20. The van der Waals surface area contributed by atoms with Gasteiger partial charge in [0.2, 0.25) is 0 Å². The molecule has 0 bridgehead atoms. The van der Waals surface area contributed by atoms with E-state index >= 15 is 0 Å². The van der Waals surface area contributed by atoms with Crippen LogP contribution in [0, 0.1) is 0 Å². The van der Waals surface area contributed by atoms with Gasteiger partial charge in [-0.3, -0.25) is 4.79 Å². The smallest absolute Gasteiger partial charge is 0.167 e. The van der Waals surface area contributed by atoms with Gasteiger partial charge in [-0.15, -0.1) is 0 Å². The van der Waals surface area contributed by atoms with Gasteiger partial charge >= 0.3 is 0 Å². The van der Waals surface area contributed by atoms with E-state index in [0.717, 1.165) is 41.6 Å². The van der Waals surface area contributed by atoms with Crippen molar-refractivity contribution in [3.8, 4) is 0 Å². The van der Waals surface area contributed by atoms with Gasteiger partial charge in [0, 0.05) is 18.2 Å². The minimum Gasteiger partial charge on any atom is -0.460 e. The van der Waals surface area contributed by atoms with Crippen LogP contribution in [0.5, 0.6) is 0 Å². The summed E-state index contributed by atoms with van der Waals surface area (Å²) in [5.74, 6) is 1.07. The van der Waals surface area contributed by atoms with Gasteiger partial charge in [-0.05, 0) is 12.5 Å². The summed E-state index contributed by atoms with van der Waals surface area (Å²) in [6.07, 6.45) is 5.93. The topological polar surface area (TPSA) is 30.2 Å². The Hall–Kier alpha value is -1.57. The van der Waals surface area contributed by atoms with Gasteiger partial charge in [-0.2, -0.15) is 0 Å². The van der Waals surface area contributed by atoms with E-state index in [1.54, 1.807) is 0 Å². The monoisotopic (exact) mass is 258 g/mol. The lowest BCUT2D eigenvalue weighted by atomic mass is 10.0. The van der Waals surface area contributed by atoms with Gasteiger partial charge in [0.15, 0.2) is 5.78 Å². The maximum Gasteiger partial charge on any atom is 0.167 e. The molecule has 19 heavy (non-hydrogen) atoms. The van der Waals surface area contributed by atoms with E-state index < -0.39 is 0 Å². The molecule has 2 aromatic rings. The summed E-state index contributed by atoms with van der Waals surface area (Å²) in [7, 11) is 0. The molecule has 0 fully saturated rings. The molecule has 2 heteroatoms. The van der Waals surface area contributed by atoms with Crippen molar-refractivity contribution in [2.24, 2.45) is 0 Å². The third-order valence-corrected chi connectivity index (χ3v) is 3.53. The lowest BCUT2D eigenvalue weighted by Gasteiger charge is -2.01. The molecule has 0 saturated carbocycles. The first-order valence-corrected chi connectivity index (χ1v) is 7.31. The Morgan fingerprint density at radius 3 is 2.63 bits per heavy atom. The standard InChI is InChI=1S/C17H22O2/c1-3-5-6-7-11-14(18)17-13-10-8-9-12-16(13)19-15(17)4-2/h8-10,12H,3-7,11H2,1-2H3. The number of hydrogen-bond acceptors (Lipinski definition) is 2. The quantitative estimate of drug-likeness (QED) is 0.508. The van der Waals surface area contributed by atoms with Crippen molar-refractivity contribution < 1.29 is 9.21 Å². The molecule has 1 heterocycles. The largest absolute Gasteiger partial charge is 0.460 e. The second-order valence-corrected chi connectivity index (χ2v) is 4.98. The van der Waals surface area contributed by atoms with Crippen molar-refractivity contribution in [3.63, 3.8) is 0 Å². The molecule has 1 aromatic carbocycles. The number of unbranched alkanes of at least 4 members (excludes halogenated alkanes) is 3. The second kappa shape index (κ2) is 6.55. The molecule has 0 aliphatic rings. The van der Waals surface area contributed by atoms with E-state index in [-0.39, 0.29) is 5.78 Å². The molecule has 0 spiro atoms. The molecule has 0 amide bonds. The SMILES string of the molecule is CCCCCCC(=O)c1c(CC)oc2ccccc12. The Labute approximate surface area is 114 Å². The molecule has 0 atom stereocenters. The van der Waals surface area contributed by atoms with Crippen molar-refractivity contribution in [1.82, 2.24) is 0 Å². The summed E-state index contributed by atoms with van der Waals surface area (Å²) in [5, 5.41) is 0.972. The normalized spacial score (nSPS) is 11.1. The predicted octanol–water partition coefficient (Wildman–Crippen LogP) is 5.15. The molecule has 2 rings (SSSR count). The maximum atomic E-state index is 12.4. The minimum absolute atomic E-state index is 0.234. The number of Topliss-reactive ketones (excluding diaryl/α,β-unsaturated/α-hetero) is 1. The van der Waals surface area contributed by atoms with Gasteiger partial charge in [-0.25, -0.2) is 0 Å². The highest BCUT2D eigenvalue weighted by molar-refractivity contribution is 6.08. The summed E-state index contributed by atoms with van der Waals surface area (Å²) in [4.78, 5) is 12.4. The number of carbonyl (C=O) groups is 1. The van der Waals surface area contributed by atoms with Crippen molar-refractivity contribution in [2.75, 3.05) is 0 Å². The number of ketones is 1. The predicted molar refractivity (Wildman–Crippen MR) is 78.7 cm³/mol. The molecular weight excluding hydrogens is 236 g/mol. The molecule has 0 unspecified atom stereocenters. The summed E-state index contributed by atoms with van der Waals surface area (Å²) in [5.41, 5.74) is 1.64. The number of carbonyl (C=O) groups excluding carboxylic acids is 1. The van der Waals surface area contributed by atoms with Crippen LogP contribution in [0.3, 0.4) is 0 Å². The van der Waals surface area contributed by atoms with E-state index in [2.05, 4.69) is 6.92 Å². The Morgan fingerprint density at radius 1 is 1.11 bits per heavy atom. The van der Waals surface area contributed by atoms with Crippen LogP contribution in [0.25, 0.3) is 11.0 Å². The molecule has 0 aliphatic carbocycles. The molecular formula is C17H22O2. The summed E-state index contributed by atoms with van der Waals surface area (Å²) < 4.78 is 5.78. The highest BCUT2D eigenvalue weighted by Crippen LogP contribution is 2.27. The highest BCUT2D eigenvalue weighted by Gasteiger charge is 2.18. The van der Waals surface area contributed by atoms with Crippen LogP contribution in [-0.2, 0) is 6.42 Å². The van der Waals surface area contributed by atoms with Gasteiger partial charge in [-0.1, -0.05) is 51.3 Å². The first-order valence-electron chi connectivity index (χ1n) is 7.31. The average molecular weight is 258 g/mol. The van der Waals surface area contributed by atoms with E-state index in [4.69, 9.17) is 4.42 Å². The van der Waals surface area contributed by atoms with E-state index in [9.17, 15) is 4.79 Å². The zero-order valence-electron chi connectivity index (χ0n) is 11.9. The average Bonchev–Trinajstić information content (AvgIpc) is 2.82. The molecule has 102 valence electrons. The zero-order chi connectivity index (χ0) is 13.7. The zero-order valence-corrected chi connectivity index (χ0v) is 11.9. The van der Waals surface area contributed by atoms with Crippen molar-refractivity contribution in [3.05, 3.63) is 35.6 Å². The number of furan rings is 1. The van der Waals surface area contributed by atoms with E-state index in [1.165, 1.54) is 12.8 Å². The first kappa shape index (κ1) is 13.9. The number of benzene rings is 1. The fourth-order valence-corrected chi connectivity index (χ4v) is 2.49. The first-order chi connectivity index (χ1) is 9.27. The summed E-state index contributed by atoms with van der Waals surface area (Å²) >= 11 is 0. The molecule has 0 N–H and O–H groups in total. The Kier molecular flexibility index (Phi) is 4.78. The van der Waals surface area contributed by atoms with Crippen LogP contribution >= 0.6 is 0 Å². The highest BCUT2D eigenvalue weighted by atomic mass is 16.3. The number of hydrogen-bond donors (Lipinski definition) is 0. The van der Waals surface area contributed by atoms with Crippen molar-refractivity contribution in [1.29, 1.82) is 0 Å². The summed E-state index contributed by atoms with van der Waals surface area (Å²) in [6, 6.07) is 7.82. The number of para-hydroxylation sites is 1. The molecule has 0 aliphatic heterocycles. The number of rotatable bonds is 7. The van der Waals surface area contributed by atoms with Gasteiger partial charge in [0.05, 0.1) is 5.56 Å². The Morgan fingerprint density at radius 2 is 1.89 bits per heavy atom. The molecule has 1 aromatic heterocycles. The van der Waals surface area contributed by atoms with Crippen LogP contribution in [0.2, 0.25) is 0 Å². The Bertz CT molecular complexity index is 551. The van der Waals surface area contributed by atoms with Crippen LogP contribution in [0.4, 0.5) is 0 Å². The van der Waals surface area contributed by atoms with Gasteiger partial charge in [0.25, 0.3) is 0 Å². The fraction of sp³-hybridized carbons (Fsp3) is 0.471. The summed E-state index contributed by atoms with van der Waals surface area (Å²) in [6.45, 7) is 4.21. The van der Waals surface area contributed by atoms with Crippen LogP contribution in [-0.4, -0.2) is 5.78 Å². The lowest BCUT2D eigenvalue weighted by Crippen LogP contribution is -2.01. The third-order valence-electron chi connectivity index (χ3n) is 3.53. The molecule has 0 saturated heterocycles. The fourth-order valence-electron chi connectivity index (χ4n) is 2.49. The van der Waals surface area contributed by atoms with E-state index in [0.29, 0.717) is 6.42 Å². The molecule has 2 nitrogen and oxygen atoms in total. The van der Waals surface area contributed by atoms with E-state index in [1.807, 2.05) is 31.2 Å². The second-order valence-electron chi connectivity index (χ2n) is 4.98.